The van der Waals surface area contributed by atoms with Gasteiger partial charge in [-0.3, -0.25) is 4.79 Å². The zero-order chi connectivity index (χ0) is 16.3. The van der Waals surface area contributed by atoms with E-state index in [-0.39, 0.29) is 11.7 Å². The third kappa shape index (κ3) is 3.85. The van der Waals surface area contributed by atoms with E-state index in [0.29, 0.717) is 17.0 Å². The van der Waals surface area contributed by atoms with Crippen LogP contribution in [0.25, 0.3) is 0 Å². The predicted molar refractivity (Wildman–Crippen MR) is 85.8 cm³/mol. The highest BCUT2D eigenvalue weighted by atomic mass is 19.1. The minimum atomic E-state index is -0.675. The van der Waals surface area contributed by atoms with Crippen LogP contribution in [0.3, 0.4) is 0 Å². The maximum absolute atomic E-state index is 13.5. The topological polar surface area (TPSA) is 38.3 Å². The Balaban J connectivity index is 2.02. The van der Waals surface area contributed by atoms with Crippen LogP contribution >= 0.6 is 0 Å². The molecule has 0 aliphatic rings. The van der Waals surface area contributed by atoms with E-state index in [1.54, 1.807) is 26.0 Å². The largest absolute Gasteiger partial charge is 0.481 e. The summed E-state index contributed by atoms with van der Waals surface area (Å²) in [5, 5.41) is 2.65. The van der Waals surface area contributed by atoms with Crippen molar-refractivity contribution in [1.29, 1.82) is 0 Å². The number of hydrogen-bond donors (Lipinski definition) is 1. The summed E-state index contributed by atoms with van der Waals surface area (Å²) in [4.78, 5) is 12.1. The van der Waals surface area contributed by atoms with Crippen LogP contribution in [0.2, 0.25) is 0 Å². The van der Waals surface area contributed by atoms with Crippen molar-refractivity contribution in [2.24, 2.45) is 0 Å². The summed E-state index contributed by atoms with van der Waals surface area (Å²) >= 11 is 0. The lowest BCUT2D eigenvalue weighted by molar-refractivity contribution is -0.122. The zero-order valence-electron chi connectivity index (χ0n) is 13.2. The smallest absolute Gasteiger partial charge is 0.265 e. The van der Waals surface area contributed by atoms with Crippen molar-refractivity contribution in [2.75, 3.05) is 5.32 Å². The number of carbonyl (C=O) groups excluding carboxylic acids is 1. The molecule has 0 bridgehead atoms. The lowest BCUT2D eigenvalue weighted by Gasteiger charge is -2.16. The summed E-state index contributed by atoms with van der Waals surface area (Å²) in [6.07, 6.45) is -0.675. The first kappa shape index (κ1) is 16.0. The van der Waals surface area contributed by atoms with E-state index in [2.05, 4.69) is 5.32 Å². The minimum absolute atomic E-state index is 0.318. The van der Waals surface area contributed by atoms with Crippen LogP contribution < -0.4 is 10.1 Å². The number of rotatable bonds is 4. The first-order valence-corrected chi connectivity index (χ1v) is 7.18. The Morgan fingerprint density at radius 3 is 2.36 bits per heavy atom. The van der Waals surface area contributed by atoms with Gasteiger partial charge in [0.1, 0.15) is 11.6 Å². The van der Waals surface area contributed by atoms with Crippen LogP contribution in [0.1, 0.15) is 23.6 Å². The molecule has 2 aromatic rings. The number of nitrogens with one attached hydrogen (secondary N) is 1. The summed E-state index contributed by atoms with van der Waals surface area (Å²) in [6.45, 7) is 7.34. The molecule has 0 radical (unpaired) electrons. The van der Waals surface area contributed by atoms with Gasteiger partial charge in [-0.25, -0.2) is 4.39 Å². The van der Waals surface area contributed by atoms with Crippen LogP contribution in [0, 0.1) is 26.6 Å². The van der Waals surface area contributed by atoms with Gasteiger partial charge in [0, 0.05) is 5.69 Å². The number of ether oxygens (including phenoxy) is 1. The summed E-state index contributed by atoms with van der Waals surface area (Å²) in [5.41, 5.74) is 3.23. The summed E-state index contributed by atoms with van der Waals surface area (Å²) in [6, 6.07) is 10.3. The molecular formula is C18H20FNO2. The third-order valence-corrected chi connectivity index (χ3v) is 3.60. The molecule has 22 heavy (non-hydrogen) atoms. The van der Waals surface area contributed by atoms with E-state index in [0.717, 1.165) is 5.56 Å². The fourth-order valence-corrected chi connectivity index (χ4v) is 1.96. The number of aryl methyl sites for hydroxylation is 3. The van der Waals surface area contributed by atoms with Gasteiger partial charge in [-0.05, 0) is 68.7 Å². The van der Waals surface area contributed by atoms with E-state index >= 15 is 0 Å². The molecule has 0 fully saturated rings. The Kier molecular flexibility index (Phi) is 4.81. The number of carbonyl (C=O) groups is 1. The van der Waals surface area contributed by atoms with Crippen molar-refractivity contribution in [2.45, 2.75) is 33.8 Å². The SMILES string of the molecule is Cc1ccc(OC(C)C(=O)Nc2ccc(C)c(F)c2)cc1C. The molecule has 3 nitrogen and oxygen atoms in total. The summed E-state index contributed by atoms with van der Waals surface area (Å²) in [5.74, 6) is -0.0251. The lowest BCUT2D eigenvalue weighted by Crippen LogP contribution is -2.30. The molecule has 2 aromatic carbocycles. The van der Waals surface area contributed by atoms with Gasteiger partial charge < -0.3 is 10.1 Å². The van der Waals surface area contributed by atoms with Gasteiger partial charge in [-0.1, -0.05) is 12.1 Å². The van der Waals surface area contributed by atoms with Crippen molar-refractivity contribution in [3.63, 3.8) is 0 Å². The number of anilines is 1. The van der Waals surface area contributed by atoms with Gasteiger partial charge in [-0.2, -0.15) is 0 Å². The molecule has 2 rings (SSSR count). The minimum Gasteiger partial charge on any atom is -0.481 e. The van der Waals surface area contributed by atoms with E-state index in [9.17, 15) is 9.18 Å². The maximum atomic E-state index is 13.5. The number of hydrogen-bond acceptors (Lipinski definition) is 2. The quantitative estimate of drug-likeness (QED) is 0.921. The van der Waals surface area contributed by atoms with E-state index in [4.69, 9.17) is 4.74 Å². The number of amides is 1. The van der Waals surface area contributed by atoms with Gasteiger partial charge in [0.2, 0.25) is 0 Å². The number of benzene rings is 2. The molecule has 4 heteroatoms. The molecule has 0 spiro atoms. The molecule has 0 aliphatic heterocycles. The molecule has 0 saturated heterocycles. The Morgan fingerprint density at radius 1 is 1.05 bits per heavy atom. The fourth-order valence-electron chi connectivity index (χ4n) is 1.96. The van der Waals surface area contributed by atoms with E-state index in [1.165, 1.54) is 11.6 Å². The maximum Gasteiger partial charge on any atom is 0.265 e. The second-order valence-electron chi connectivity index (χ2n) is 5.46. The van der Waals surface area contributed by atoms with E-state index < -0.39 is 6.10 Å². The second kappa shape index (κ2) is 6.60. The highest BCUT2D eigenvalue weighted by Crippen LogP contribution is 2.19. The molecular weight excluding hydrogens is 281 g/mol. The highest BCUT2D eigenvalue weighted by molar-refractivity contribution is 5.94. The average Bonchev–Trinajstić information content (AvgIpc) is 2.46. The standard InChI is InChI=1S/C18H20FNO2/c1-11-6-8-16(9-13(11)3)22-14(4)18(21)20-15-7-5-12(2)17(19)10-15/h5-10,14H,1-4H3,(H,20,21). The Labute approximate surface area is 130 Å². The van der Waals surface area contributed by atoms with Gasteiger partial charge in [0.25, 0.3) is 5.91 Å². The van der Waals surface area contributed by atoms with Crippen molar-refractivity contribution >= 4 is 11.6 Å². The van der Waals surface area contributed by atoms with Crippen LogP contribution in [0.4, 0.5) is 10.1 Å². The van der Waals surface area contributed by atoms with Gasteiger partial charge in [0.15, 0.2) is 6.10 Å². The van der Waals surface area contributed by atoms with Gasteiger partial charge >= 0.3 is 0 Å². The first-order valence-electron chi connectivity index (χ1n) is 7.18. The van der Waals surface area contributed by atoms with E-state index in [1.807, 2.05) is 32.0 Å². The van der Waals surface area contributed by atoms with Crippen LogP contribution in [-0.2, 0) is 4.79 Å². The monoisotopic (exact) mass is 301 g/mol. The Bertz CT molecular complexity index is 697. The predicted octanol–water partition coefficient (Wildman–Crippen LogP) is 4.16. The molecule has 0 heterocycles. The Hall–Kier alpha value is -2.36. The second-order valence-corrected chi connectivity index (χ2v) is 5.46. The molecule has 1 amide bonds. The molecule has 0 aromatic heterocycles. The number of halogens is 1. The van der Waals surface area contributed by atoms with Gasteiger partial charge in [0.05, 0.1) is 0 Å². The van der Waals surface area contributed by atoms with Crippen molar-refractivity contribution in [3.05, 3.63) is 58.9 Å². The van der Waals surface area contributed by atoms with Crippen molar-refractivity contribution in [3.8, 4) is 5.75 Å². The first-order chi connectivity index (χ1) is 10.4. The van der Waals surface area contributed by atoms with Crippen molar-refractivity contribution < 1.29 is 13.9 Å². The zero-order valence-corrected chi connectivity index (χ0v) is 13.2. The van der Waals surface area contributed by atoms with Crippen LogP contribution in [-0.4, -0.2) is 12.0 Å². The van der Waals surface area contributed by atoms with Gasteiger partial charge in [-0.15, -0.1) is 0 Å². The molecule has 0 saturated carbocycles. The fraction of sp³-hybridized carbons (Fsp3) is 0.278. The summed E-state index contributed by atoms with van der Waals surface area (Å²) < 4.78 is 19.1. The lowest BCUT2D eigenvalue weighted by atomic mass is 10.1. The Morgan fingerprint density at radius 2 is 1.73 bits per heavy atom. The molecule has 116 valence electrons. The molecule has 0 aliphatic carbocycles. The summed E-state index contributed by atoms with van der Waals surface area (Å²) in [7, 11) is 0. The highest BCUT2D eigenvalue weighted by Gasteiger charge is 2.15. The third-order valence-electron chi connectivity index (χ3n) is 3.60. The van der Waals surface area contributed by atoms with Crippen molar-refractivity contribution in [1.82, 2.24) is 0 Å². The molecule has 1 N–H and O–H groups in total. The molecule has 1 atom stereocenters. The normalized spacial score (nSPS) is 11.9. The molecule has 1 unspecified atom stereocenters. The average molecular weight is 301 g/mol. The van der Waals surface area contributed by atoms with Crippen LogP contribution in [0.5, 0.6) is 5.75 Å². The van der Waals surface area contributed by atoms with Crippen LogP contribution in [0.15, 0.2) is 36.4 Å².